The molecular formula is C49H43N3. The van der Waals surface area contributed by atoms with E-state index >= 15 is 0 Å². The summed E-state index contributed by atoms with van der Waals surface area (Å²) in [6.45, 7) is 6.35. The minimum Gasteiger partial charge on any atom is -0.399 e. The molecule has 7 aromatic rings. The average Bonchev–Trinajstić information content (AvgIpc) is 3.18. The van der Waals surface area contributed by atoms with Gasteiger partial charge in [-0.1, -0.05) is 126 Å². The first kappa shape index (κ1) is 33.9. The molecule has 254 valence electrons. The predicted molar refractivity (Wildman–Crippen MR) is 225 cm³/mol. The number of hydrogen-bond acceptors (Lipinski definition) is 3. The van der Waals surface area contributed by atoms with E-state index in [1.807, 2.05) is 12.1 Å². The molecule has 0 aliphatic heterocycles. The Hall–Kier alpha value is -6.58. The Morgan fingerprint density at radius 2 is 0.481 bits per heavy atom. The highest BCUT2D eigenvalue weighted by molar-refractivity contribution is 5.80. The van der Waals surface area contributed by atoms with Gasteiger partial charge in [0.1, 0.15) is 0 Å². The molecule has 0 aliphatic carbocycles. The standard InChI is InChI=1S/C49H43N3/c1-36-4-24-44(25-5-36)51(45-26-6-37(2)7-27-45)47-30-18-41(19-31-47)16-14-39-10-12-40(13-11-39)15-17-42-20-32-48(33-21-42)52(46-28-8-38(3)9-29-46)49-34-22-43(50)23-35-49/h4-35H,50H2,1-3H3/b16-14+,17-15+. The van der Waals surface area contributed by atoms with E-state index in [9.17, 15) is 0 Å². The summed E-state index contributed by atoms with van der Waals surface area (Å²) in [4.78, 5) is 4.55. The van der Waals surface area contributed by atoms with Crippen LogP contribution >= 0.6 is 0 Å². The summed E-state index contributed by atoms with van der Waals surface area (Å²) in [6.07, 6.45) is 8.65. The Kier molecular flexibility index (Phi) is 10.1. The molecular weight excluding hydrogens is 631 g/mol. The minimum absolute atomic E-state index is 0.752. The molecule has 0 heterocycles. The molecule has 0 bridgehead atoms. The van der Waals surface area contributed by atoms with Crippen molar-refractivity contribution in [3.05, 3.63) is 209 Å². The zero-order valence-corrected chi connectivity index (χ0v) is 29.9. The molecule has 7 rings (SSSR count). The summed E-state index contributed by atoms with van der Waals surface area (Å²) in [5, 5.41) is 0. The van der Waals surface area contributed by atoms with Crippen LogP contribution in [0.4, 0.5) is 39.8 Å². The second-order valence-electron chi connectivity index (χ2n) is 13.3. The number of nitrogens with two attached hydrogens (primary N) is 1. The van der Waals surface area contributed by atoms with Crippen LogP contribution in [0.2, 0.25) is 0 Å². The minimum atomic E-state index is 0.752. The number of nitrogens with zero attached hydrogens (tertiary/aromatic N) is 2. The van der Waals surface area contributed by atoms with Crippen LogP contribution in [0.15, 0.2) is 170 Å². The van der Waals surface area contributed by atoms with Crippen molar-refractivity contribution in [3.8, 4) is 0 Å². The van der Waals surface area contributed by atoms with E-state index in [0.29, 0.717) is 0 Å². The molecule has 0 atom stereocenters. The van der Waals surface area contributed by atoms with Gasteiger partial charge in [-0.05, 0) is 128 Å². The highest BCUT2D eigenvalue weighted by atomic mass is 15.1. The molecule has 3 nitrogen and oxygen atoms in total. The molecule has 3 heteroatoms. The Balaban J connectivity index is 1.02. The van der Waals surface area contributed by atoms with Crippen LogP contribution in [-0.2, 0) is 0 Å². The highest BCUT2D eigenvalue weighted by Gasteiger charge is 2.13. The number of nitrogen functional groups attached to an aromatic ring is 1. The normalized spacial score (nSPS) is 11.3. The number of aryl methyl sites for hydroxylation is 3. The first-order valence-corrected chi connectivity index (χ1v) is 17.7. The highest BCUT2D eigenvalue weighted by Crippen LogP contribution is 2.36. The lowest BCUT2D eigenvalue weighted by Crippen LogP contribution is -2.09. The number of benzene rings is 7. The van der Waals surface area contributed by atoms with Crippen LogP contribution in [0.1, 0.15) is 38.9 Å². The van der Waals surface area contributed by atoms with Crippen molar-refractivity contribution >= 4 is 64.1 Å². The fourth-order valence-electron chi connectivity index (χ4n) is 6.17. The van der Waals surface area contributed by atoms with Gasteiger partial charge in [0.05, 0.1) is 0 Å². The molecule has 7 aromatic carbocycles. The van der Waals surface area contributed by atoms with Gasteiger partial charge in [0.25, 0.3) is 0 Å². The van der Waals surface area contributed by atoms with Crippen molar-refractivity contribution < 1.29 is 0 Å². The van der Waals surface area contributed by atoms with Gasteiger partial charge in [-0.2, -0.15) is 0 Å². The van der Waals surface area contributed by atoms with E-state index in [1.54, 1.807) is 0 Å². The summed E-state index contributed by atoms with van der Waals surface area (Å²) in [7, 11) is 0. The quantitative estimate of drug-likeness (QED) is 0.116. The van der Waals surface area contributed by atoms with Crippen LogP contribution in [0.5, 0.6) is 0 Å². The average molecular weight is 674 g/mol. The van der Waals surface area contributed by atoms with E-state index in [2.05, 4.69) is 213 Å². The van der Waals surface area contributed by atoms with Gasteiger partial charge in [0.15, 0.2) is 0 Å². The molecule has 0 aromatic heterocycles. The summed E-state index contributed by atoms with van der Waals surface area (Å²) >= 11 is 0. The lowest BCUT2D eigenvalue weighted by molar-refractivity contribution is 1.27. The number of anilines is 7. The molecule has 0 spiro atoms. The van der Waals surface area contributed by atoms with E-state index in [1.165, 1.54) is 16.7 Å². The number of rotatable bonds is 10. The van der Waals surface area contributed by atoms with Crippen LogP contribution in [0.25, 0.3) is 24.3 Å². The van der Waals surface area contributed by atoms with Crippen molar-refractivity contribution in [3.63, 3.8) is 0 Å². The Morgan fingerprint density at radius 3 is 0.731 bits per heavy atom. The fraction of sp³-hybridized carbons (Fsp3) is 0.0612. The van der Waals surface area contributed by atoms with Gasteiger partial charge in [-0.15, -0.1) is 0 Å². The van der Waals surface area contributed by atoms with Crippen LogP contribution in [0.3, 0.4) is 0 Å². The first-order chi connectivity index (χ1) is 25.4. The third kappa shape index (κ3) is 8.23. The summed E-state index contributed by atoms with van der Waals surface area (Å²) in [5.74, 6) is 0. The van der Waals surface area contributed by atoms with Gasteiger partial charge < -0.3 is 15.5 Å². The zero-order valence-electron chi connectivity index (χ0n) is 29.9. The summed E-state index contributed by atoms with van der Waals surface area (Å²) < 4.78 is 0. The molecule has 2 N–H and O–H groups in total. The molecule has 0 unspecified atom stereocenters. The predicted octanol–water partition coefficient (Wildman–Crippen LogP) is 13.5. The third-order valence-electron chi connectivity index (χ3n) is 9.20. The second-order valence-corrected chi connectivity index (χ2v) is 13.3. The van der Waals surface area contributed by atoms with E-state index in [-0.39, 0.29) is 0 Å². The SMILES string of the molecule is Cc1ccc(N(c2ccc(C)cc2)c2ccc(/C=C/c3ccc(/C=C/c4ccc(N(c5ccc(C)cc5)c5ccc(N)cc5)cc4)cc3)cc2)cc1. The van der Waals surface area contributed by atoms with E-state index in [4.69, 9.17) is 5.73 Å². The first-order valence-electron chi connectivity index (χ1n) is 17.7. The molecule has 0 saturated carbocycles. The van der Waals surface area contributed by atoms with Crippen LogP contribution in [0, 0.1) is 20.8 Å². The van der Waals surface area contributed by atoms with Gasteiger partial charge >= 0.3 is 0 Å². The molecule has 0 aliphatic rings. The van der Waals surface area contributed by atoms with Crippen molar-refractivity contribution in [1.82, 2.24) is 0 Å². The van der Waals surface area contributed by atoms with Gasteiger partial charge in [0.2, 0.25) is 0 Å². The van der Waals surface area contributed by atoms with Gasteiger partial charge in [0, 0.05) is 39.8 Å². The second kappa shape index (κ2) is 15.5. The van der Waals surface area contributed by atoms with Crippen molar-refractivity contribution in [2.24, 2.45) is 0 Å². The van der Waals surface area contributed by atoms with Gasteiger partial charge in [-0.3, -0.25) is 0 Å². The molecule has 0 amide bonds. The smallest absolute Gasteiger partial charge is 0.0463 e. The Labute approximate surface area is 308 Å². The number of hydrogen-bond donors (Lipinski definition) is 1. The Bertz CT molecular complexity index is 2000. The maximum Gasteiger partial charge on any atom is 0.0463 e. The zero-order chi connectivity index (χ0) is 35.9. The van der Waals surface area contributed by atoms with Crippen molar-refractivity contribution in [2.75, 3.05) is 15.5 Å². The lowest BCUT2D eigenvalue weighted by Gasteiger charge is -2.25. The van der Waals surface area contributed by atoms with E-state index in [0.717, 1.165) is 62.1 Å². The largest absolute Gasteiger partial charge is 0.399 e. The lowest BCUT2D eigenvalue weighted by atomic mass is 10.1. The van der Waals surface area contributed by atoms with E-state index < -0.39 is 0 Å². The topological polar surface area (TPSA) is 32.5 Å². The van der Waals surface area contributed by atoms with Crippen molar-refractivity contribution in [1.29, 1.82) is 0 Å². The van der Waals surface area contributed by atoms with Crippen molar-refractivity contribution in [2.45, 2.75) is 20.8 Å². The third-order valence-corrected chi connectivity index (χ3v) is 9.20. The maximum absolute atomic E-state index is 5.99. The van der Waals surface area contributed by atoms with Crippen LogP contribution < -0.4 is 15.5 Å². The monoisotopic (exact) mass is 673 g/mol. The molecule has 52 heavy (non-hydrogen) atoms. The summed E-state index contributed by atoms with van der Waals surface area (Å²) in [5.41, 5.74) is 21.7. The van der Waals surface area contributed by atoms with Gasteiger partial charge in [-0.25, -0.2) is 0 Å². The molecule has 0 fully saturated rings. The van der Waals surface area contributed by atoms with Crippen LogP contribution in [-0.4, -0.2) is 0 Å². The Morgan fingerprint density at radius 1 is 0.288 bits per heavy atom. The maximum atomic E-state index is 5.99. The summed E-state index contributed by atoms with van der Waals surface area (Å²) in [6, 6.07) is 60.0. The molecule has 0 saturated heterocycles. The molecule has 0 radical (unpaired) electrons. The fourth-order valence-corrected chi connectivity index (χ4v) is 6.17.